The molecule has 0 fully saturated rings. The lowest BCUT2D eigenvalue weighted by atomic mass is 10.3. The maximum Gasteiger partial charge on any atom is 0.170 e. The molecule has 2 aromatic carbocycles. The van der Waals surface area contributed by atoms with Gasteiger partial charge in [0.25, 0.3) is 0 Å². The summed E-state index contributed by atoms with van der Waals surface area (Å²) in [5.41, 5.74) is 0.875. The second-order valence-corrected chi connectivity index (χ2v) is 5.44. The minimum atomic E-state index is 0.463. The van der Waals surface area contributed by atoms with Crippen LogP contribution >= 0.6 is 23.8 Å². The number of thiocarbonyl (C=S) groups is 1. The van der Waals surface area contributed by atoms with Crippen molar-refractivity contribution in [2.45, 2.75) is 6.92 Å². The quantitative estimate of drug-likeness (QED) is 0.581. The summed E-state index contributed by atoms with van der Waals surface area (Å²) in [5.74, 6) is 1.47. The lowest BCUT2D eigenvalue weighted by molar-refractivity contribution is 0.323. The Morgan fingerprint density at radius 3 is 2.74 bits per heavy atom. The van der Waals surface area contributed by atoms with Crippen LogP contribution in [0.4, 0.5) is 5.69 Å². The third-order valence-corrected chi connectivity index (χ3v) is 3.44. The van der Waals surface area contributed by atoms with Crippen LogP contribution in [0.25, 0.3) is 0 Å². The maximum absolute atomic E-state index is 6.02. The number of benzene rings is 2. The Hall–Kier alpha value is -1.98. The normalized spacial score (nSPS) is 10.0. The molecule has 0 bridgehead atoms. The molecule has 0 radical (unpaired) electrons. The average molecular weight is 351 g/mol. The van der Waals surface area contributed by atoms with Gasteiger partial charge in [0.2, 0.25) is 0 Å². The van der Waals surface area contributed by atoms with Crippen LogP contribution in [0.15, 0.2) is 48.5 Å². The molecule has 0 aliphatic rings. The first-order valence-electron chi connectivity index (χ1n) is 7.34. The van der Waals surface area contributed by atoms with E-state index in [4.69, 9.17) is 33.3 Å². The van der Waals surface area contributed by atoms with Crippen LogP contribution in [0.5, 0.6) is 11.5 Å². The Kier molecular flexibility index (Phi) is 6.97. The number of nitrogens with one attached hydrogen (secondary N) is 2. The number of halogens is 1. The van der Waals surface area contributed by atoms with Crippen molar-refractivity contribution in [2.75, 3.05) is 25.1 Å². The Bertz CT molecular complexity index is 652. The van der Waals surface area contributed by atoms with Gasteiger partial charge < -0.3 is 20.1 Å². The molecular formula is C17H19ClN2O2S. The van der Waals surface area contributed by atoms with Crippen molar-refractivity contribution in [1.29, 1.82) is 0 Å². The van der Waals surface area contributed by atoms with E-state index in [1.165, 1.54) is 0 Å². The van der Waals surface area contributed by atoms with Crippen LogP contribution in [0.3, 0.4) is 0 Å². The predicted molar refractivity (Wildman–Crippen MR) is 98.8 cm³/mol. The van der Waals surface area contributed by atoms with E-state index < -0.39 is 0 Å². The highest BCUT2D eigenvalue weighted by molar-refractivity contribution is 7.80. The number of hydrogen-bond acceptors (Lipinski definition) is 3. The van der Waals surface area contributed by atoms with Crippen LogP contribution in [-0.2, 0) is 0 Å². The Morgan fingerprint density at radius 1 is 1.13 bits per heavy atom. The third-order valence-electron chi connectivity index (χ3n) is 2.88. The monoisotopic (exact) mass is 350 g/mol. The molecular weight excluding hydrogens is 332 g/mol. The summed E-state index contributed by atoms with van der Waals surface area (Å²) in [6.45, 7) is 3.61. The van der Waals surface area contributed by atoms with E-state index in [2.05, 4.69) is 10.6 Å². The average Bonchev–Trinajstić information content (AvgIpc) is 2.54. The first-order chi connectivity index (χ1) is 11.2. The van der Waals surface area contributed by atoms with Gasteiger partial charge in [-0.25, -0.2) is 0 Å². The molecule has 2 aromatic rings. The molecule has 0 atom stereocenters. The number of ether oxygens (including phenoxy) is 2. The smallest absolute Gasteiger partial charge is 0.170 e. The number of anilines is 1. The Balaban J connectivity index is 1.73. The highest BCUT2D eigenvalue weighted by Crippen LogP contribution is 2.22. The number of para-hydroxylation sites is 1. The van der Waals surface area contributed by atoms with Crippen molar-refractivity contribution in [3.63, 3.8) is 0 Å². The summed E-state index contributed by atoms with van der Waals surface area (Å²) >= 11 is 11.3. The van der Waals surface area contributed by atoms with E-state index in [1.54, 1.807) is 6.07 Å². The van der Waals surface area contributed by atoms with Gasteiger partial charge in [-0.05, 0) is 43.4 Å². The fraction of sp³-hybridized carbons (Fsp3) is 0.235. The number of hydrogen-bond donors (Lipinski definition) is 2. The standard InChI is InChI=1S/C17H19ClN2O2S/c1-2-21-14-7-5-6-13(12-14)20-17(23)19-10-11-22-16-9-4-3-8-15(16)18/h3-9,12H,2,10-11H2,1H3,(H2,19,20,23). The van der Waals surface area contributed by atoms with E-state index in [0.717, 1.165) is 11.4 Å². The molecule has 0 amide bonds. The molecule has 23 heavy (non-hydrogen) atoms. The summed E-state index contributed by atoms with van der Waals surface area (Å²) < 4.78 is 11.0. The molecule has 0 saturated carbocycles. The lowest BCUT2D eigenvalue weighted by Crippen LogP contribution is -2.31. The van der Waals surface area contributed by atoms with E-state index in [-0.39, 0.29) is 0 Å². The fourth-order valence-corrected chi connectivity index (χ4v) is 2.30. The molecule has 2 N–H and O–H groups in total. The van der Waals surface area contributed by atoms with Gasteiger partial charge in [0.15, 0.2) is 5.11 Å². The molecule has 0 saturated heterocycles. The van der Waals surface area contributed by atoms with Gasteiger partial charge in [-0.1, -0.05) is 29.8 Å². The van der Waals surface area contributed by atoms with Crippen molar-refractivity contribution in [1.82, 2.24) is 5.32 Å². The van der Waals surface area contributed by atoms with Gasteiger partial charge >= 0.3 is 0 Å². The molecule has 6 heteroatoms. The van der Waals surface area contributed by atoms with E-state index in [9.17, 15) is 0 Å². The molecule has 4 nitrogen and oxygen atoms in total. The van der Waals surface area contributed by atoms with Crippen LogP contribution < -0.4 is 20.1 Å². The molecule has 0 aliphatic carbocycles. The maximum atomic E-state index is 6.02. The Morgan fingerprint density at radius 2 is 1.96 bits per heavy atom. The van der Waals surface area contributed by atoms with Gasteiger partial charge in [0, 0.05) is 11.8 Å². The number of rotatable bonds is 7. The molecule has 0 spiro atoms. The van der Waals surface area contributed by atoms with Gasteiger partial charge in [-0.2, -0.15) is 0 Å². The predicted octanol–water partition coefficient (Wildman–Crippen LogP) is 4.10. The van der Waals surface area contributed by atoms with Crippen molar-refractivity contribution in [2.24, 2.45) is 0 Å². The van der Waals surface area contributed by atoms with Gasteiger partial charge in [0.1, 0.15) is 18.1 Å². The van der Waals surface area contributed by atoms with Crippen molar-refractivity contribution in [3.8, 4) is 11.5 Å². The van der Waals surface area contributed by atoms with Crippen molar-refractivity contribution >= 4 is 34.6 Å². The van der Waals surface area contributed by atoms with Crippen LogP contribution in [0, 0.1) is 0 Å². The van der Waals surface area contributed by atoms with Crippen LogP contribution in [-0.4, -0.2) is 24.9 Å². The first kappa shape index (κ1) is 17.4. The van der Waals surface area contributed by atoms with E-state index in [0.29, 0.717) is 35.6 Å². The molecule has 2 rings (SSSR count). The second-order valence-electron chi connectivity index (χ2n) is 4.62. The second kappa shape index (κ2) is 9.22. The molecule has 0 aliphatic heterocycles. The summed E-state index contributed by atoms with van der Waals surface area (Å²) in [5, 5.41) is 7.32. The van der Waals surface area contributed by atoms with Crippen LogP contribution in [0.1, 0.15) is 6.92 Å². The van der Waals surface area contributed by atoms with Gasteiger partial charge in [0.05, 0.1) is 18.2 Å². The SMILES string of the molecule is CCOc1cccc(NC(=S)NCCOc2ccccc2Cl)c1. The zero-order valence-corrected chi connectivity index (χ0v) is 14.4. The zero-order chi connectivity index (χ0) is 16.5. The Labute approximate surface area is 146 Å². The fourth-order valence-electron chi connectivity index (χ4n) is 1.89. The molecule has 0 aromatic heterocycles. The lowest BCUT2D eigenvalue weighted by Gasteiger charge is -2.12. The largest absolute Gasteiger partial charge is 0.494 e. The topological polar surface area (TPSA) is 42.5 Å². The third kappa shape index (κ3) is 5.96. The summed E-state index contributed by atoms with van der Waals surface area (Å²) in [7, 11) is 0. The van der Waals surface area contributed by atoms with Crippen molar-refractivity contribution < 1.29 is 9.47 Å². The minimum Gasteiger partial charge on any atom is -0.494 e. The summed E-state index contributed by atoms with van der Waals surface area (Å²) in [6.07, 6.45) is 0. The summed E-state index contributed by atoms with van der Waals surface area (Å²) in [6, 6.07) is 15.0. The van der Waals surface area contributed by atoms with Crippen LogP contribution in [0.2, 0.25) is 5.02 Å². The van der Waals surface area contributed by atoms with E-state index >= 15 is 0 Å². The molecule has 0 heterocycles. The molecule has 0 unspecified atom stereocenters. The van der Waals surface area contributed by atoms with Gasteiger partial charge in [-0.15, -0.1) is 0 Å². The summed E-state index contributed by atoms with van der Waals surface area (Å²) in [4.78, 5) is 0. The minimum absolute atomic E-state index is 0.463. The first-order valence-corrected chi connectivity index (χ1v) is 8.12. The van der Waals surface area contributed by atoms with E-state index in [1.807, 2.05) is 49.4 Å². The highest BCUT2D eigenvalue weighted by atomic mass is 35.5. The highest BCUT2D eigenvalue weighted by Gasteiger charge is 2.01. The van der Waals surface area contributed by atoms with Crippen molar-refractivity contribution in [3.05, 3.63) is 53.6 Å². The zero-order valence-electron chi connectivity index (χ0n) is 12.8. The molecule has 122 valence electrons. The van der Waals surface area contributed by atoms with Gasteiger partial charge in [-0.3, -0.25) is 0 Å².